The molecule has 0 saturated heterocycles. The maximum Gasteiger partial charge on any atom is 1.00 e. The van der Waals surface area contributed by atoms with Gasteiger partial charge in [-0.25, -0.2) is 8.42 Å². The zero-order valence-corrected chi connectivity index (χ0v) is 10.7. The Kier molecular flexibility index (Phi) is 4.97. The Morgan fingerprint density at radius 3 is 2.29 bits per heavy atom. The molecular weight excluding hydrogens is 215 g/mol. The second-order valence-electron chi connectivity index (χ2n) is 2.57. The molecule has 6 heteroatoms. The van der Waals surface area contributed by atoms with Gasteiger partial charge in [0, 0.05) is 5.56 Å². The van der Waals surface area contributed by atoms with Gasteiger partial charge >= 0.3 is 29.6 Å². The third kappa shape index (κ3) is 2.90. The number of carbonyl (C=O) groups is 1. The molecule has 0 radical (unpaired) electrons. The Morgan fingerprint density at radius 1 is 1.36 bits per heavy atom. The van der Waals surface area contributed by atoms with Crippen molar-refractivity contribution < 1.29 is 47.3 Å². The number of benzene rings is 1. The van der Waals surface area contributed by atoms with Gasteiger partial charge in [-0.15, -0.1) is 0 Å². The molecule has 0 aliphatic heterocycles. The number of carbonyl (C=O) groups excluding carboxylic acids is 1. The van der Waals surface area contributed by atoms with Crippen LogP contribution in [0.2, 0.25) is 0 Å². The van der Waals surface area contributed by atoms with Crippen molar-refractivity contribution in [3.05, 3.63) is 29.3 Å². The molecule has 1 rings (SSSR count). The van der Waals surface area contributed by atoms with Gasteiger partial charge in [0.2, 0.25) is 0 Å². The zero-order chi connectivity index (χ0) is 10.1. The second kappa shape index (κ2) is 5.04. The monoisotopic (exact) mass is 222 g/mol. The summed E-state index contributed by atoms with van der Waals surface area (Å²) in [6.45, 7) is 1.47. The van der Waals surface area contributed by atoms with Crippen LogP contribution in [0.1, 0.15) is 15.9 Å². The van der Waals surface area contributed by atoms with Crippen LogP contribution < -0.4 is 29.6 Å². The molecule has 1 aromatic rings. The molecule has 0 aliphatic carbocycles. The van der Waals surface area contributed by atoms with Gasteiger partial charge in [0.25, 0.3) is 0 Å². The molecule has 14 heavy (non-hydrogen) atoms. The van der Waals surface area contributed by atoms with Crippen molar-refractivity contribution in [3.63, 3.8) is 0 Å². The molecule has 0 aromatic heterocycles. The maximum absolute atomic E-state index is 10.7. The summed E-state index contributed by atoms with van der Waals surface area (Å²) >= 11 is 0. The fourth-order valence-electron chi connectivity index (χ4n) is 1.11. The van der Waals surface area contributed by atoms with Crippen molar-refractivity contribution in [3.8, 4) is 0 Å². The molecule has 0 bridgehead atoms. The normalized spacial score (nSPS) is 10.4. The Hall–Kier alpha value is -0.200. The fourth-order valence-corrected chi connectivity index (χ4v) is 1.98. The van der Waals surface area contributed by atoms with Crippen molar-refractivity contribution in [2.45, 2.75) is 11.8 Å². The van der Waals surface area contributed by atoms with Crippen molar-refractivity contribution in [1.29, 1.82) is 0 Å². The minimum Gasteiger partial charge on any atom is -0.744 e. The van der Waals surface area contributed by atoms with Crippen molar-refractivity contribution in [2.75, 3.05) is 0 Å². The molecule has 4 nitrogen and oxygen atoms in total. The SMILES string of the molecule is Cc1cccc(C=O)c1S(=O)(=O)[O-].[Na+]. The Morgan fingerprint density at radius 2 is 1.93 bits per heavy atom. The minimum atomic E-state index is -4.56. The number of aldehydes is 1. The second-order valence-corrected chi connectivity index (χ2v) is 3.88. The molecule has 0 N–H and O–H groups in total. The van der Waals surface area contributed by atoms with Gasteiger partial charge in [0.05, 0.1) is 4.90 Å². The molecule has 0 unspecified atom stereocenters. The van der Waals surface area contributed by atoms with Crippen molar-refractivity contribution in [2.24, 2.45) is 0 Å². The molecule has 0 spiro atoms. The van der Waals surface area contributed by atoms with E-state index in [9.17, 15) is 17.8 Å². The van der Waals surface area contributed by atoms with E-state index in [1.165, 1.54) is 25.1 Å². The summed E-state index contributed by atoms with van der Waals surface area (Å²) in [6, 6.07) is 4.29. The molecule has 0 fully saturated rings. The summed E-state index contributed by atoms with van der Waals surface area (Å²) in [5.41, 5.74) is 0.203. The third-order valence-electron chi connectivity index (χ3n) is 1.62. The van der Waals surface area contributed by atoms with Gasteiger partial charge in [0.1, 0.15) is 10.1 Å². The molecule has 0 amide bonds. The summed E-state index contributed by atoms with van der Waals surface area (Å²) in [5.74, 6) is 0. The van der Waals surface area contributed by atoms with Crippen molar-refractivity contribution >= 4 is 16.4 Å². The fraction of sp³-hybridized carbons (Fsp3) is 0.125. The predicted octanol–water partition coefficient (Wildman–Crippen LogP) is -2.28. The first kappa shape index (κ1) is 13.8. The van der Waals surface area contributed by atoms with Crippen LogP contribution in [0.15, 0.2) is 23.1 Å². The maximum atomic E-state index is 10.7. The first-order valence-electron chi connectivity index (χ1n) is 3.47. The smallest absolute Gasteiger partial charge is 0.744 e. The van der Waals surface area contributed by atoms with E-state index in [-0.39, 0.29) is 35.1 Å². The van der Waals surface area contributed by atoms with Crippen LogP contribution in [0.5, 0.6) is 0 Å². The van der Waals surface area contributed by atoms with E-state index >= 15 is 0 Å². The Labute approximate surface area is 104 Å². The average molecular weight is 222 g/mol. The van der Waals surface area contributed by atoms with Gasteiger partial charge in [-0.2, -0.15) is 0 Å². The molecular formula is C8H7NaO4S. The molecule has 0 saturated carbocycles. The Bertz CT molecular complexity index is 439. The topological polar surface area (TPSA) is 74.3 Å². The Balaban J connectivity index is 0.00000169. The van der Waals surface area contributed by atoms with Crippen LogP contribution in [0.25, 0.3) is 0 Å². The summed E-state index contributed by atoms with van der Waals surface area (Å²) in [7, 11) is -4.56. The predicted molar refractivity (Wildman–Crippen MR) is 44.5 cm³/mol. The molecule has 0 aliphatic rings. The van der Waals surface area contributed by atoms with E-state index in [0.29, 0.717) is 11.8 Å². The summed E-state index contributed by atoms with van der Waals surface area (Å²) in [5, 5.41) is 0. The molecule has 70 valence electrons. The van der Waals surface area contributed by atoms with E-state index in [1.807, 2.05) is 0 Å². The number of aryl methyl sites for hydroxylation is 1. The summed E-state index contributed by atoms with van der Waals surface area (Å²) < 4.78 is 32.2. The van der Waals surface area contributed by atoms with Crippen molar-refractivity contribution in [1.82, 2.24) is 0 Å². The van der Waals surface area contributed by atoms with Gasteiger partial charge in [0.15, 0.2) is 6.29 Å². The van der Waals surface area contributed by atoms with Crippen LogP contribution in [0.4, 0.5) is 0 Å². The standard InChI is InChI=1S/C8H8O4S.Na/c1-6-3-2-4-7(5-9)8(6)13(10,11)12;/h2-5H,1H3,(H,10,11,12);/q;+1/p-1. The van der Waals surface area contributed by atoms with Gasteiger partial charge in [-0.3, -0.25) is 4.79 Å². The molecule has 0 atom stereocenters. The van der Waals surface area contributed by atoms with Crippen LogP contribution in [-0.4, -0.2) is 19.3 Å². The first-order chi connectivity index (χ1) is 5.96. The summed E-state index contributed by atoms with van der Waals surface area (Å²) in [6.07, 6.45) is 0.359. The zero-order valence-electron chi connectivity index (χ0n) is 7.85. The van der Waals surface area contributed by atoms with Crippen LogP contribution >= 0.6 is 0 Å². The van der Waals surface area contributed by atoms with Gasteiger partial charge in [-0.05, 0) is 12.5 Å². The van der Waals surface area contributed by atoms with Crippen LogP contribution in [-0.2, 0) is 10.1 Å². The molecule has 1 aromatic carbocycles. The largest absolute Gasteiger partial charge is 1.00 e. The molecule has 0 heterocycles. The number of hydrogen-bond donors (Lipinski definition) is 0. The van der Waals surface area contributed by atoms with E-state index in [0.717, 1.165) is 0 Å². The van der Waals surface area contributed by atoms with E-state index in [4.69, 9.17) is 0 Å². The quantitative estimate of drug-likeness (QED) is 0.321. The minimum absolute atomic E-state index is 0. The van der Waals surface area contributed by atoms with E-state index < -0.39 is 15.0 Å². The number of hydrogen-bond acceptors (Lipinski definition) is 4. The van der Waals surface area contributed by atoms with Gasteiger partial charge in [-0.1, -0.05) is 18.2 Å². The van der Waals surface area contributed by atoms with E-state index in [1.54, 1.807) is 0 Å². The van der Waals surface area contributed by atoms with Gasteiger partial charge < -0.3 is 4.55 Å². The average Bonchev–Trinajstić information content (AvgIpc) is 2.01. The van der Waals surface area contributed by atoms with E-state index in [2.05, 4.69) is 0 Å². The number of rotatable bonds is 2. The first-order valence-corrected chi connectivity index (χ1v) is 4.88. The van der Waals surface area contributed by atoms with Crippen LogP contribution in [0.3, 0.4) is 0 Å². The third-order valence-corrected chi connectivity index (χ3v) is 2.68. The summed E-state index contributed by atoms with van der Waals surface area (Å²) in [4.78, 5) is 10.00. The van der Waals surface area contributed by atoms with Crippen LogP contribution in [0, 0.1) is 6.92 Å².